The van der Waals surface area contributed by atoms with Gasteiger partial charge in [-0.05, 0) is 19.2 Å². The molecule has 2 aromatic heterocycles. The highest BCUT2D eigenvalue weighted by atomic mass is 35.5. The average molecular weight is 224 g/mol. The average Bonchev–Trinajstić information content (AvgIpc) is 2.67. The molecule has 0 aliphatic rings. The molecule has 0 saturated heterocycles. The van der Waals surface area contributed by atoms with Gasteiger partial charge in [-0.3, -0.25) is 0 Å². The SMILES string of the molecule is CNCc1ccc(-n2cc(Cl)cn2)nn1. The van der Waals surface area contributed by atoms with Crippen molar-refractivity contribution in [2.45, 2.75) is 6.54 Å². The van der Waals surface area contributed by atoms with Crippen molar-refractivity contribution in [3.8, 4) is 5.82 Å². The summed E-state index contributed by atoms with van der Waals surface area (Å²) >= 11 is 5.75. The first-order chi connectivity index (χ1) is 7.29. The molecule has 0 atom stereocenters. The summed E-state index contributed by atoms with van der Waals surface area (Å²) < 4.78 is 1.58. The van der Waals surface area contributed by atoms with Gasteiger partial charge in [-0.1, -0.05) is 11.6 Å². The van der Waals surface area contributed by atoms with Crippen molar-refractivity contribution in [3.05, 3.63) is 35.2 Å². The quantitative estimate of drug-likeness (QED) is 0.845. The van der Waals surface area contributed by atoms with E-state index in [0.717, 1.165) is 5.69 Å². The van der Waals surface area contributed by atoms with Gasteiger partial charge < -0.3 is 5.32 Å². The zero-order valence-electron chi connectivity index (χ0n) is 8.18. The molecule has 2 rings (SSSR count). The predicted octanol–water partition coefficient (Wildman–Crippen LogP) is 1.04. The monoisotopic (exact) mass is 223 g/mol. The highest BCUT2D eigenvalue weighted by Crippen LogP contribution is 2.09. The lowest BCUT2D eigenvalue weighted by atomic mass is 10.4. The highest BCUT2D eigenvalue weighted by molar-refractivity contribution is 6.30. The third-order valence-electron chi connectivity index (χ3n) is 1.85. The largest absolute Gasteiger partial charge is 0.314 e. The minimum Gasteiger partial charge on any atom is -0.314 e. The fourth-order valence-electron chi connectivity index (χ4n) is 1.18. The van der Waals surface area contributed by atoms with Gasteiger partial charge in [0.1, 0.15) is 0 Å². The van der Waals surface area contributed by atoms with Gasteiger partial charge in [0.2, 0.25) is 0 Å². The lowest BCUT2D eigenvalue weighted by Crippen LogP contribution is -2.09. The van der Waals surface area contributed by atoms with Crippen LogP contribution in [-0.4, -0.2) is 27.0 Å². The molecular weight excluding hydrogens is 214 g/mol. The smallest absolute Gasteiger partial charge is 0.175 e. The normalized spacial score (nSPS) is 10.5. The maximum absolute atomic E-state index is 5.75. The Bertz CT molecular complexity index is 436. The summed E-state index contributed by atoms with van der Waals surface area (Å²) in [7, 11) is 1.86. The van der Waals surface area contributed by atoms with E-state index in [0.29, 0.717) is 17.4 Å². The van der Waals surface area contributed by atoms with E-state index in [4.69, 9.17) is 11.6 Å². The lowest BCUT2D eigenvalue weighted by Gasteiger charge is -2.00. The van der Waals surface area contributed by atoms with Gasteiger partial charge in [0.05, 0.1) is 23.1 Å². The molecule has 78 valence electrons. The van der Waals surface area contributed by atoms with Crippen LogP contribution in [0.3, 0.4) is 0 Å². The molecule has 0 aliphatic heterocycles. The Morgan fingerprint density at radius 3 is 2.80 bits per heavy atom. The summed E-state index contributed by atoms with van der Waals surface area (Å²) in [5, 5.41) is 15.7. The van der Waals surface area contributed by atoms with E-state index < -0.39 is 0 Å². The van der Waals surface area contributed by atoms with Crippen molar-refractivity contribution in [3.63, 3.8) is 0 Å². The zero-order valence-corrected chi connectivity index (χ0v) is 8.94. The van der Waals surface area contributed by atoms with E-state index in [1.54, 1.807) is 17.1 Å². The van der Waals surface area contributed by atoms with Gasteiger partial charge in [-0.25, -0.2) is 4.68 Å². The molecule has 1 N–H and O–H groups in total. The molecule has 2 aromatic rings. The molecule has 2 heterocycles. The Balaban J connectivity index is 2.23. The Kier molecular flexibility index (Phi) is 2.94. The van der Waals surface area contributed by atoms with Gasteiger partial charge in [-0.2, -0.15) is 10.2 Å². The van der Waals surface area contributed by atoms with Crippen molar-refractivity contribution in [1.29, 1.82) is 0 Å². The molecular formula is C9H10ClN5. The molecule has 0 saturated carbocycles. The van der Waals surface area contributed by atoms with Gasteiger partial charge in [0.15, 0.2) is 5.82 Å². The number of hydrogen-bond donors (Lipinski definition) is 1. The second kappa shape index (κ2) is 4.37. The third kappa shape index (κ3) is 2.31. The Hall–Kier alpha value is -1.46. The minimum absolute atomic E-state index is 0.580. The van der Waals surface area contributed by atoms with Gasteiger partial charge in [0, 0.05) is 6.54 Å². The number of hydrogen-bond acceptors (Lipinski definition) is 4. The van der Waals surface area contributed by atoms with Crippen LogP contribution >= 0.6 is 11.6 Å². The van der Waals surface area contributed by atoms with Crippen molar-refractivity contribution >= 4 is 11.6 Å². The van der Waals surface area contributed by atoms with Crippen LogP contribution in [0.15, 0.2) is 24.5 Å². The van der Waals surface area contributed by atoms with Crippen LogP contribution in [0.2, 0.25) is 5.02 Å². The second-order valence-corrected chi connectivity index (χ2v) is 3.45. The molecule has 0 aliphatic carbocycles. The Morgan fingerprint density at radius 2 is 2.27 bits per heavy atom. The Labute approximate surface area is 92.1 Å². The van der Waals surface area contributed by atoms with Crippen molar-refractivity contribution in [2.24, 2.45) is 0 Å². The van der Waals surface area contributed by atoms with Crippen molar-refractivity contribution < 1.29 is 0 Å². The summed E-state index contributed by atoms with van der Waals surface area (Å²) in [4.78, 5) is 0. The van der Waals surface area contributed by atoms with Crippen LogP contribution in [0.25, 0.3) is 5.82 Å². The molecule has 6 heteroatoms. The molecule has 0 amide bonds. The van der Waals surface area contributed by atoms with Crippen LogP contribution in [-0.2, 0) is 6.54 Å². The number of rotatable bonds is 3. The van der Waals surface area contributed by atoms with E-state index in [9.17, 15) is 0 Å². The van der Waals surface area contributed by atoms with Gasteiger partial charge >= 0.3 is 0 Å². The van der Waals surface area contributed by atoms with Crippen molar-refractivity contribution in [1.82, 2.24) is 25.3 Å². The summed E-state index contributed by atoms with van der Waals surface area (Å²) in [6.45, 7) is 0.702. The second-order valence-electron chi connectivity index (χ2n) is 3.02. The van der Waals surface area contributed by atoms with E-state index in [-0.39, 0.29) is 0 Å². The molecule has 0 spiro atoms. The molecule has 0 unspecified atom stereocenters. The molecule has 15 heavy (non-hydrogen) atoms. The maximum atomic E-state index is 5.75. The predicted molar refractivity (Wildman–Crippen MR) is 56.9 cm³/mol. The first-order valence-corrected chi connectivity index (χ1v) is 4.85. The molecule has 0 bridgehead atoms. The molecule has 5 nitrogen and oxygen atoms in total. The van der Waals surface area contributed by atoms with Gasteiger partial charge in [-0.15, -0.1) is 5.10 Å². The van der Waals surface area contributed by atoms with E-state index in [2.05, 4.69) is 20.6 Å². The standard InChI is InChI=1S/C9H10ClN5/c1-11-5-8-2-3-9(14-13-8)15-6-7(10)4-12-15/h2-4,6,11H,5H2,1H3. The lowest BCUT2D eigenvalue weighted by molar-refractivity contribution is 0.745. The van der Waals surface area contributed by atoms with Crippen LogP contribution in [0.1, 0.15) is 5.69 Å². The van der Waals surface area contributed by atoms with Crippen LogP contribution in [0, 0.1) is 0 Å². The van der Waals surface area contributed by atoms with E-state index in [1.165, 1.54) is 0 Å². The molecule has 0 aromatic carbocycles. The van der Waals surface area contributed by atoms with Crippen LogP contribution in [0.4, 0.5) is 0 Å². The topological polar surface area (TPSA) is 55.6 Å². The van der Waals surface area contributed by atoms with E-state index in [1.807, 2.05) is 19.2 Å². The first-order valence-electron chi connectivity index (χ1n) is 4.47. The number of nitrogens with one attached hydrogen (secondary N) is 1. The number of halogens is 1. The Morgan fingerprint density at radius 1 is 1.40 bits per heavy atom. The van der Waals surface area contributed by atoms with Gasteiger partial charge in [0.25, 0.3) is 0 Å². The van der Waals surface area contributed by atoms with E-state index >= 15 is 0 Å². The van der Waals surface area contributed by atoms with Crippen LogP contribution < -0.4 is 5.32 Å². The van der Waals surface area contributed by atoms with Crippen molar-refractivity contribution in [2.75, 3.05) is 7.05 Å². The fourth-order valence-corrected chi connectivity index (χ4v) is 1.31. The maximum Gasteiger partial charge on any atom is 0.175 e. The number of nitrogens with zero attached hydrogens (tertiary/aromatic N) is 4. The summed E-state index contributed by atoms with van der Waals surface area (Å²) in [5.41, 5.74) is 0.888. The molecule has 0 fully saturated rings. The minimum atomic E-state index is 0.580. The molecule has 0 radical (unpaired) electrons. The number of aromatic nitrogens is 4. The highest BCUT2D eigenvalue weighted by Gasteiger charge is 2.01. The van der Waals surface area contributed by atoms with Crippen LogP contribution in [0.5, 0.6) is 0 Å². The summed E-state index contributed by atoms with van der Waals surface area (Å²) in [6.07, 6.45) is 3.24. The summed E-state index contributed by atoms with van der Waals surface area (Å²) in [6, 6.07) is 3.75. The third-order valence-corrected chi connectivity index (χ3v) is 2.04. The fraction of sp³-hybridized carbons (Fsp3) is 0.222. The summed E-state index contributed by atoms with van der Waals surface area (Å²) in [5.74, 6) is 0.654. The first kappa shape index (κ1) is 10.1. The zero-order chi connectivity index (χ0) is 10.7.